The first kappa shape index (κ1) is 22.1. The maximum Gasteiger partial charge on any atom is 0.506 e. The van der Waals surface area contributed by atoms with Crippen LogP contribution in [0.1, 0.15) is 36.1 Å². The second-order valence-corrected chi connectivity index (χ2v) is 10.3. The summed E-state index contributed by atoms with van der Waals surface area (Å²) < 4.78 is 20.0. The van der Waals surface area contributed by atoms with Crippen molar-refractivity contribution in [1.29, 1.82) is 0 Å². The number of hydrogen-bond acceptors (Lipinski definition) is 6. The van der Waals surface area contributed by atoms with Crippen LogP contribution in [-0.2, 0) is 16.7 Å². The number of likely N-dealkylation sites (tertiary alicyclic amines) is 1. The lowest BCUT2D eigenvalue weighted by Crippen LogP contribution is -2.24. The summed E-state index contributed by atoms with van der Waals surface area (Å²) in [6, 6.07) is 19.8. The van der Waals surface area contributed by atoms with Crippen molar-refractivity contribution in [1.82, 2.24) is 14.9 Å². The van der Waals surface area contributed by atoms with Crippen molar-refractivity contribution in [2.24, 2.45) is 0 Å². The van der Waals surface area contributed by atoms with Crippen LogP contribution in [0, 0.1) is 5.82 Å². The molecule has 6 rings (SSSR count). The minimum absolute atomic E-state index is 0.0173. The van der Waals surface area contributed by atoms with Gasteiger partial charge in [0.25, 0.3) is 0 Å². The number of carbonyl (C=O) groups is 1. The molecule has 3 heterocycles. The van der Waals surface area contributed by atoms with E-state index >= 15 is 4.39 Å². The van der Waals surface area contributed by atoms with Gasteiger partial charge in [-0.05, 0) is 54.7 Å². The van der Waals surface area contributed by atoms with Crippen LogP contribution in [0.3, 0.4) is 0 Å². The van der Waals surface area contributed by atoms with Gasteiger partial charge in [0.15, 0.2) is 0 Å². The molecule has 2 aliphatic rings. The van der Waals surface area contributed by atoms with Crippen LogP contribution in [0.5, 0.6) is 0 Å². The fourth-order valence-electron chi connectivity index (χ4n) is 5.04. The Morgan fingerprint density at radius 3 is 2.71 bits per heavy atom. The second kappa shape index (κ2) is 8.70. The third-order valence-electron chi connectivity index (χ3n) is 6.99. The van der Waals surface area contributed by atoms with Crippen LogP contribution in [0.2, 0.25) is 0 Å². The molecule has 1 aliphatic carbocycles. The van der Waals surface area contributed by atoms with E-state index in [-0.39, 0.29) is 17.3 Å². The Balaban J connectivity index is 1.22. The van der Waals surface area contributed by atoms with E-state index in [1.807, 2.05) is 18.2 Å². The normalized spacial score (nSPS) is 19.2. The summed E-state index contributed by atoms with van der Waals surface area (Å²) in [5, 5.41) is 9.41. The minimum atomic E-state index is -1.25. The highest BCUT2D eigenvalue weighted by Crippen LogP contribution is 2.53. The second-order valence-electron chi connectivity index (χ2n) is 9.33. The average molecular weight is 490 g/mol. The lowest BCUT2D eigenvalue weighted by atomic mass is 9.92. The fraction of sp³-hybridized carbons (Fsp3) is 0.296. The summed E-state index contributed by atoms with van der Waals surface area (Å²) in [4.78, 5) is 23.2. The largest absolute Gasteiger partial charge is 0.506 e. The zero-order chi connectivity index (χ0) is 24.0. The predicted octanol–water partition coefficient (Wildman–Crippen LogP) is 5.85. The van der Waals surface area contributed by atoms with Gasteiger partial charge in [0.05, 0.1) is 5.69 Å². The Hall–Kier alpha value is -3.36. The number of halogens is 1. The van der Waals surface area contributed by atoms with Crippen molar-refractivity contribution in [3.63, 3.8) is 0 Å². The van der Waals surface area contributed by atoms with E-state index in [9.17, 15) is 4.79 Å². The zero-order valence-electron chi connectivity index (χ0n) is 19.0. The van der Waals surface area contributed by atoms with Crippen molar-refractivity contribution in [3.05, 3.63) is 83.3 Å². The summed E-state index contributed by atoms with van der Waals surface area (Å²) in [5.74, 6) is -0.317. The average Bonchev–Trinajstić information content (AvgIpc) is 3.38. The lowest BCUT2D eigenvalue weighted by molar-refractivity contribution is 0.0548. The molecule has 0 radical (unpaired) electrons. The van der Waals surface area contributed by atoms with Crippen LogP contribution in [0.15, 0.2) is 60.7 Å². The summed E-state index contributed by atoms with van der Waals surface area (Å²) in [6.07, 6.45) is 1.24. The highest BCUT2D eigenvalue weighted by atomic mass is 32.1. The molecule has 1 saturated carbocycles. The molecule has 1 N–H and O–H groups in total. The van der Waals surface area contributed by atoms with Crippen molar-refractivity contribution < 1.29 is 19.0 Å². The maximum absolute atomic E-state index is 15.1. The standard InChI is InChI=1S/C27H24FN3O3S/c28-21-14-17(15-31-13-10-19(16-31)34-26(32)33)6-7-20(21)24-29-22-8-9-23(30-25(22)35-24)27(11-12-27)18-4-2-1-3-5-18/h1-9,14,19H,10-13,15-16H2,(H,32,33)/t19-/m1/s1. The Bertz CT molecular complexity index is 1400. The Kier molecular flexibility index (Phi) is 5.50. The molecule has 0 unspecified atom stereocenters. The Morgan fingerprint density at radius 2 is 1.97 bits per heavy atom. The van der Waals surface area contributed by atoms with Gasteiger partial charge in [0.2, 0.25) is 0 Å². The van der Waals surface area contributed by atoms with E-state index in [2.05, 4.69) is 40.2 Å². The number of aromatic nitrogens is 2. The van der Waals surface area contributed by atoms with Crippen LogP contribution in [0.25, 0.3) is 20.9 Å². The fourth-order valence-corrected chi connectivity index (χ4v) is 6.01. The van der Waals surface area contributed by atoms with Crippen molar-refractivity contribution in [3.8, 4) is 10.6 Å². The van der Waals surface area contributed by atoms with Gasteiger partial charge in [0.1, 0.15) is 27.3 Å². The van der Waals surface area contributed by atoms with Crippen molar-refractivity contribution >= 4 is 27.8 Å². The molecule has 2 aromatic carbocycles. The maximum atomic E-state index is 15.1. The first-order valence-electron chi connectivity index (χ1n) is 11.7. The predicted molar refractivity (Wildman–Crippen MR) is 132 cm³/mol. The van der Waals surface area contributed by atoms with Gasteiger partial charge in [-0.3, -0.25) is 4.90 Å². The van der Waals surface area contributed by atoms with Gasteiger partial charge in [-0.15, -0.1) is 0 Å². The number of carboxylic acid groups (broad SMARTS) is 1. The first-order chi connectivity index (χ1) is 17.0. The molecular weight excluding hydrogens is 465 g/mol. The number of pyridine rings is 1. The molecule has 0 amide bonds. The van der Waals surface area contributed by atoms with Gasteiger partial charge in [-0.2, -0.15) is 0 Å². The van der Waals surface area contributed by atoms with E-state index in [1.165, 1.54) is 16.9 Å². The molecule has 35 heavy (non-hydrogen) atoms. The third kappa shape index (κ3) is 4.28. The molecule has 2 aromatic heterocycles. The summed E-state index contributed by atoms with van der Waals surface area (Å²) in [6.45, 7) is 1.78. The number of thiazole rings is 1. The smallest absolute Gasteiger partial charge is 0.450 e. The summed E-state index contributed by atoms with van der Waals surface area (Å²) in [7, 11) is 0. The Labute approximate surface area is 206 Å². The third-order valence-corrected chi connectivity index (χ3v) is 7.99. The highest BCUT2D eigenvalue weighted by molar-refractivity contribution is 7.21. The van der Waals surface area contributed by atoms with Gasteiger partial charge in [0, 0.05) is 30.6 Å². The minimum Gasteiger partial charge on any atom is -0.450 e. The monoisotopic (exact) mass is 489 g/mol. The summed E-state index contributed by atoms with van der Waals surface area (Å²) in [5.41, 5.74) is 4.41. The number of rotatable bonds is 6. The van der Waals surface area contributed by atoms with Crippen LogP contribution in [-0.4, -0.2) is 45.3 Å². The summed E-state index contributed by atoms with van der Waals surface area (Å²) >= 11 is 1.42. The van der Waals surface area contributed by atoms with E-state index in [0.717, 1.165) is 41.0 Å². The molecule has 4 aromatic rings. The molecule has 1 aliphatic heterocycles. The molecule has 6 nitrogen and oxygen atoms in total. The van der Waals surface area contributed by atoms with Crippen LogP contribution in [0.4, 0.5) is 9.18 Å². The van der Waals surface area contributed by atoms with Crippen molar-refractivity contribution in [2.75, 3.05) is 13.1 Å². The topological polar surface area (TPSA) is 75.6 Å². The SMILES string of the molecule is O=C(O)O[C@@H]1CCN(Cc2ccc(-c3nc4ccc(C5(c6ccccc6)CC5)nc4s3)c(F)c2)C1. The van der Waals surface area contributed by atoms with Gasteiger partial charge < -0.3 is 9.84 Å². The Morgan fingerprint density at radius 1 is 1.14 bits per heavy atom. The van der Waals surface area contributed by atoms with E-state index in [4.69, 9.17) is 14.8 Å². The van der Waals surface area contributed by atoms with Crippen LogP contribution < -0.4 is 0 Å². The van der Waals surface area contributed by atoms with Crippen molar-refractivity contribution in [2.45, 2.75) is 37.3 Å². The molecule has 8 heteroatoms. The lowest BCUT2D eigenvalue weighted by Gasteiger charge is -2.16. The molecule has 2 fully saturated rings. The number of benzene rings is 2. The quantitative estimate of drug-likeness (QED) is 0.343. The number of ether oxygens (including phenoxy) is 1. The van der Waals surface area contributed by atoms with Gasteiger partial charge in [-0.1, -0.05) is 47.7 Å². The first-order valence-corrected chi connectivity index (χ1v) is 12.6. The molecular formula is C27H24FN3O3S. The molecule has 1 atom stereocenters. The number of nitrogens with zero attached hydrogens (tertiary/aromatic N) is 3. The molecule has 0 spiro atoms. The van der Waals surface area contributed by atoms with E-state index in [1.54, 1.807) is 12.1 Å². The van der Waals surface area contributed by atoms with Crippen LogP contribution >= 0.6 is 11.3 Å². The van der Waals surface area contributed by atoms with E-state index in [0.29, 0.717) is 30.1 Å². The highest BCUT2D eigenvalue weighted by Gasteiger charge is 2.47. The number of fused-ring (bicyclic) bond motifs is 1. The molecule has 1 saturated heterocycles. The van der Waals surface area contributed by atoms with Gasteiger partial charge in [-0.25, -0.2) is 19.2 Å². The molecule has 178 valence electrons. The molecule has 0 bridgehead atoms. The van der Waals surface area contributed by atoms with Gasteiger partial charge >= 0.3 is 6.16 Å². The number of hydrogen-bond donors (Lipinski definition) is 1. The zero-order valence-corrected chi connectivity index (χ0v) is 19.8. The van der Waals surface area contributed by atoms with E-state index < -0.39 is 6.16 Å².